The van der Waals surface area contributed by atoms with Crippen LogP contribution in [0.2, 0.25) is 0 Å². The van der Waals surface area contributed by atoms with E-state index in [4.69, 9.17) is 10.4 Å². The van der Waals surface area contributed by atoms with Crippen molar-refractivity contribution in [1.29, 1.82) is 5.26 Å². The minimum absolute atomic E-state index is 0.0699. The standard InChI is InChI=1S/C11H14N2O4S2/c1-11(2,3)9(10(14)15)13-19(16,17)8-5-4-7(6-12)18-8/h4-5,9,13H,1-3H3,(H,14,15)/t9-/m0/s1. The molecule has 0 unspecified atom stereocenters. The minimum atomic E-state index is -3.94. The summed E-state index contributed by atoms with van der Waals surface area (Å²) >= 11 is 0.800. The molecular formula is C11H14N2O4S2. The smallest absolute Gasteiger partial charge is 0.322 e. The molecule has 0 aromatic carbocycles. The molecule has 6 nitrogen and oxygen atoms in total. The molecule has 104 valence electrons. The Hall–Kier alpha value is -1.43. The first-order valence-electron chi connectivity index (χ1n) is 5.33. The molecule has 1 aromatic heterocycles. The van der Waals surface area contributed by atoms with E-state index in [0.717, 1.165) is 11.3 Å². The van der Waals surface area contributed by atoms with Gasteiger partial charge in [0.15, 0.2) is 0 Å². The second-order valence-corrected chi connectivity index (χ2v) is 8.01. The molecule has 0 aliphatic carbocycles. The summed E-state index contributed by atoms with van der Waals surface area (Å²) in [4.78, 5) is 11.4. The van der Waals surface area contributed by atoms with Crippen molar-refractivity contribution in [1.82, 2.24) is 4.72 Å². The van der Waals surface area contributed by atoms with E-state index < -0.39 is 27.4 Å². The number of carboxylic acids is 1. The van der Waals surface area contributed by atoms with Crippen molar-refractivity contribution in [3.05, 3.63) is 17.0 Å². The van der Waals surface area contributed by atoms with Crippen LogP contribution >= 0.6 is 11.3 Å². The van der Waals surface area contributed by atoms with Crippen LogP contribution in [0, 0.1) is 16.7 Å². The van der Waals surface area contributed by atoms with Crippen LogP contribution in [0.25, 0.3) is 0 Å². The summed E-state index contributed by atoms with van der Waals surface area (Å²) in [6, 6.07) is 3.26. The normalized spacial score (nSPS) is 13.8. The van der Waals surface area contributed by atoms with Gasteiger partial charge >= 0.3 is 5.97 Å². The highest BCUT2D eigenvalue weighted by Gasteiger charge is 2.35. The van der Waals surface area contributed by atoms with E-state index in [-0.39, 0.29) is 9.09 Å². The number of nitrogens with one attached hydrogen (secondary N) is 1. The van der Waals surface area contributed by atoms with Crippen molar-refractivity contribution in [3.8, 4) is 6.07 Å². The number of rotatable bonds is 4. The Labute approximate surface area is 115 Å². The van der Waals surface area contributed by atoms with Gasteiger partial charge in [0.05, 0.1) is 0 Å². The van der Waals surface area contributed by atoms with Crippen molar-refractivity contribution < 1.29 is 18.3 Å². The monoisotopic (exact) mass is 302 g/mol. The first-order chi connectivity index (χ1) is 8.58. The summed E-state index contributed by atoms with van der Waals surface area (Å²) < 4.78 is 26.2. The molecule has 0 fully saturated rings. The highest BCUT2D eigenvalue weighted by atomic mass is 32.2. The van der Waals surface area contributed by atoms with E-state index >= 15 is 0 Å². The Kier molecular flexibility index (Phi) is 4.35. The van der Waals surface area contributed by atoms with E-state index in [9.17, 15) is 13.2 Å². The predicted molar refractivity (Wildman–Crippen MR) is 70.2 cm³/mol. The summed E-state index contributed by atoms with van der Waals surface area (Å²) in [5.41, 5.74) is -0.770. The van der Waals surface area contributed by atoms with E-state index in [1.165, 1.54) is 12.1 Å². The summed E-state index contributed by atoms with van der Waals surface area (Å²) in [6.07, 6.45) is 0. The summed E-state index contributed by atoms with van der Waals surface area (Å²) in [6.45, 7) is 4.89. The van der Waals surface area contributed by atoms with Gasteiger partial charge in [-0.15, -0.1) is 11.3 Å². The molecular weight excluding hydrogens is 288 g/mol. The van der Waals surface area contributed by atoms with Crippen molar-refractivity contribution >= 4 is 27.3 Å². The number of aliphatic carboxylic acids is 1. The zero-order valence-corrected chi connectivity index (χ0v) is 12.3. The second-order valence-electron chi connectivity index (χ2n) is 4.99. The second kappa shape index (κ2) is 5.28. The number of thiophene rings is 1. The van der Waals surface area contributed by atoms with Gasteiger partial charge in [-0.1, -0.05) is 20.8 Å². The van der Waals surface area contributed by atoms with Crippen molar-refractivity contribution in [3.63, 3.8) is 0 Å². The first-order valence-corrected chi connectivity index (χ1v) is 7.63. The van der Waals surface area contributed by atoms with Crippen LogP contribution in [-0.4, -0.2) is 25.5 Å². The molecule has 19 heavy (non-hydrogen) atoms. The quantitative estimate of drug-likeness (QED) is 0.874. The Morgan fingerprint density at radius 2 is 2.05 bits per heavy atom. The maximum atomic E-state index is 12.0. The van der Waals surface area contributed by atoms with Crippen LogP contribution in [0.5, 0.6) is 0 Å². The fourth-order valence-electron chi connectivity index (χ4n) is 1.34. The lowest BCUT2D eigenvalue weighted by molar-refractivity contribution is -0.141. The van der Waals surface area contributed by atoms with Gasteiger partial charge in [0, 0.05) is 0 Å². The van der Waals surface area contributed by atoms with Gasteiger partial charge in [0.1, 0.15) is 21.2 Å². The number of sulfonamides is 1. The highest BCUT2D eigenvalue weighted by Crippen LogP contribution is 2.25. The van der Waals surface area contributed by atoms with Crippen molar-refractivity contribution in [2.45, 2.75) is 31.0 Å². The lowest BCUT2D eigenvalue weighted by Gasteiger charge is -2.27. The number of carbonyl (C=O) groups is 1. The zero-order chi connectivity index (χ0) is 14.8. The molecule has 0 saturated carbocycles. The minimum Gasteiger partial charge on any atom is -0.480 e. The Morgan fingerprint density at radius 3 is 2.42 bits per heavy atom. The molecule has 0 bridgehead atoms. The first kappa shape index (κ1) is 15.6. The van der Waals surface area contributed by atoms with Crippen molar-refractivity contribution in [2.75, 3.05) is 0 Å². The SMILES string of the molecule is CC(C)(C)[C@@H](NS(=O)(=O)c1ccc(C#N)s1)C(=O)O. The molecule has 0 amide bonds. The molecule has 0 spiro atoms. The number of hydrogen-bond acceptors (Lipinski definition) is 5. The van der Waals surface area contributed by atoms with Crippen LogP contribution in [0.1, 0.15) is 25.6 Å². The maximum absolute atomic E-state index is 12.0. The van der Waals surface area contributed by atoms with Crippen LogP contribution in [0.3, 0.4) is 0 Å². The third-order valence-corrected chi connectivity index (χ3v) is 5.25. The molecule has 8 heteroatoms. The van der Waals surface area contributed by atoms with E-state index in [1.54, 1.807) is 20.8 Å². The summed E-state index contributed by atoms with van der Waals surface area (Å²) in [7, 11) is -3.94. The van der Waals surface area contributed by atoms with E-state index in [2.05, 4.69) is 4.72 Å². The molecule has 0 radical (unpaired) electrons. The summed E-state index contributed by atoms with van der Waals surface area (Å²) in [5.74, 6) is -1.24. The van der Waals surface area contributed by atoms with Gasteiger partial charge in [0.25, 0.3) is 10.0 Å². The predicted octanol–water partition coefficient (Wildman–Crippen LogP) is 1.40. The van der Waals surface area contributed by atoms with Crippen LogP contribution < -0.4 is 4.72 Å². The van der Waals surface area contributed by atoms with E-state index in [1.807, 2.05) is 6.07 Å². The Morgan fingerprint density at radius 1 is 1.47 bits per heavy atom. The number of nitriles is 1. The topological polar surface area (TPSA) is 107 Å². The van der Waals surface area contributed by atoms with Gasteiger partial charge in [-0.3, -0.25) is 4.79 Å². The average Bonchev–Trinajstić information content (AvgIpc) is 2.73. The number of nitrogens with zero attached hydrogens (tertiary/aromatic N) is 1. The number of hydrogen-bond donors (Lipinski definition) is 2. The lowest BCUT2D eigenvalue weighted by Crippen LogP contribution is -2.48. The lowest BCUT2D eigenvalue weighted by atomic mass is 9.88. The van der Waals surface area contributed by atoms with Gasteiger partial charge in [-0.05, 0) is 17.5 Å². The molecule has 2 N–H and O–H groups in total. The molecule has 0 aliphatic rings. The molecule has 1 aromatic rings. The zero-order valence-electron chi connectivity index (χ0n) is 10.7. The molecule has 0 saturated heterocycles. The fourth-order valence-corrected chi connectivity index (χ4v) is 3.85. The van der Waals surface area contributed by atoms with Crippen LogP contribution in [-0.2, 0) is 14.8 Å². The largest absolute Gasteiger partial charge is 0.480 e. The van der Waals surface area contributed by atoms with Crippen LogP contribution in [0.15, 0.2) is 16.3 Å². The van der Waals surface area contributed by atoms with Gasteiger partial charge in [0.2, 0.25) is 0 Å². The highest BCUT2D eigenvalue weighted by molar-refractivity contribution is 7.91. The van der Waals surface area contributed by atoms with Gasteiger partial charge in [-0.2, -0.15) is 9.98 Å². The molecule has 1 heterocycles. The summed E-state index contributed by atoms with van der Waals surface area (Å²) in [5, 5.41) is 17.8. The maximum Gasteiger partial charge on any atom is 0.322 e. The van der Waals surface area contributed by atoms with Crippen molar-refractivity contribution in [2.24, 2.45) is 5.41 Å². The third-order valence-electron chi connectivity index (χ3n) is 2.34. The van der Waals surface area contributed by atoms with Gasteiger partial charge < -0.3 is 5.11 Å². The van der Waals surface area contributed by atoms with E-state index in [0.29, 0.717) is 0 Å². The molecule has 1 atom stereocenters. The van der Waals surface area contributed by atoms with Gasteiger partial charge in [-0.25, -0.2) is 8.42 Å². The Bertz CT molecular complexity index is 620. The third kappa shape index (κ3) is 3.76. The fraction of sp³-hybridized carbons (Fsp3) is 0.455. The molecule has 1 rings (SSSR count). The molecule has 0 aliphatic heterocycles. The number of carboxylic acid groups (broad SMARTS) is 1. The van der Waals surface area contributed by atoms with Crippen LogP contribution in [0.4, 0.5) is 0 Å². The Balaban J connectivity index is 3.08. The average molecular weight is 302 g/mol.